The number of phenolic OH excluding ortho intramolecular Hbond substituents is 2. The second-order valence-corrected chi connectivity index (χ2v) is 18.5. The summed E-state index contributed by atoms with van der Waals surface area (Å²) in [5, 5.41) is 33.1. The number of Topliss-reactive ketones (excluding diaryl/α,β-unsaturated/α-hetero) is 1. The Kier molecular flexibility index (Phi) is 27.0. The second-order valence-electron chi connectivity index (χ2n) is 18.5. The number of hydrogen-bond donors (Lipinski definition) is 3. The Labute approximate surface area is 368 Å². The Balaban J connectivity index is 1.29. The minimum Gasteiger partial charge on any atom is -0.510 e. The fourth-order valence-electron chi connectivity index (χ4n) is 9.08. The number of unbranched alkanes of at least 4 members (excludes halogenated alkanes) is 30. The summed E-state index contributed by atoms with van der Waals surface area (Å²) < 4.78 is 0. The molecule has 0 saturated heterocycles. The van der Waals surface area contributed by atoms with E-state index in [-0.39, 0.29) is 34.2 Å². The molecule has 60 heavy (non-hydrogen) atoms. The number of aliphatic hydroxyl groups is 1. The Bertz CT molecular complexity index is 1430. The van der Waals surface area contributed by atoms with Crippen LogP contribution in [-0.2, 0) is 4.79 Å². The minimum absolute atomic E-state index is 0.0796. The van der Waals surface area contributed by atoms with E-state index in [4.69, 9.17) is 0 Å². The molecule has 0 radical (unpaired) electrons. The molecule has 0 spiro atoms. The van der Waals surface area contributed by atoms with E-state index in [1.807, 2.05) is 36.2 Å². The van der Waals surface area contributed by atoms with Crippen molar-refractivity contribution in [3.8, 4) is 11.5 Å². The van der Waals surface area contributed by atoms with Gasteiger partial charge in [0.2, 0.25) is 0 Å². The third kappa shape index (κ3) is 19.3. The van der Waals surface area contributed by atoms with Crippen molar-refractivity contribution < 1.29 is 20.1 Å². The SMILES string of the molecule is CCCCCCCCCCCCCCCCCCN(C)c1ccc(C2=C(O)C(c3c(O)cc(N(C)CCCCCCCCCCCCCCCCCC)cc3O)C2=O)cc1. The van der Waals surface area contributed by atoms with Crippen LogP contribution in [0, 0.1) is 0 Å². The molecule has 0 heterocycles. The first-order valence-electron chi connectivity index (χ1n) is 25.4. The van der Waals surface area contributed by atoms with Crippen LogP contribution in [0.2, 0.25) is 0 Å². The first-order valence-corrected chi connectivity index (χ1v) is 25.4. The lowest BCUT2D eigenvalue weighted by Gasteiger charge is -2.30. The van der Waals surface area contributed by atoms with E-state index in [0.29, 0.717) is 11.3 Å². The molecule has 1 aliphatic carbocycles. The number of benzene rings is 2. The van der Waals surface area contributed by atoms with Gasteiger partial charge in [0.15, 0.2) is 5.78 Å². The molecule has 0 saturated carbocycles. The van der Waals surface area contributed by atoms with Crippen molar-refractivity contribution in [2.24, 2.45) is 0 Å². The molecule has 3 rings (SSSR count). The molecule has 2 aromatic carbocycles. The topological polar surface area (TPSA) is 84.2 Å². The normalized spacial score (nSPS) is 13.9. The highest BCUT2D eigenvalue weighted by Crippen LogP contribution is 2.49. The van der Waals surface area contributed by atoms with E-state index in [0.717, 1.165) is 38.0 Å². The van der Waals surface area contributed by atoms with Crippen molar-refractivity contribution in [3.05, 3.63) is 53.3 Å². The summed E-state index contributed by atoms with van der Waals surface area (Å²) in [5.74, 6) is -1.79. The summed E-state index contributed by atoms with van der Waals surface area (Å²) >= 11 is 0. The molecule has 1 aliphatic rings. The number of aromatic hydroxyl groups is 2. The lowest BCUT2D eigenvalue weighted by molar-refractivity contribution is -0.116. The maximum absolute atomic E-state index is 13.4. The lowest BCUT2D eigenvalue weighted by Crippen LogP contribution is -2.29. The van der Waals surface area contributed by atoms with Crippen LogP contribution in [0.25, 0.3) is 5.57 Å². The molecular weight excluding hydrogens is 741 g/mol. The molecule has 0 amide bonds. The number of hydrogen-bond acceptors (Lipinski definition) is 6. The average molecular weight is 831 g/mol. The Morgan fingerprint density at radius 2 is 0.733 bits per heavy atom. The third-order valence-electron chi connectivity index (χ3n) is 13.2. The zero-order valence-corrected chi connectivity index (χ0v) is 39.2. The molecule has 0 aliphatic heterocycles. The number of anilines is 2. The number of phenols is 2. The first-order chi connectivity index (χ1) is 29.3. The molecule has 6 nitrogen and oxygen atoms in total. The smallest absolute Gasteiger partial charge is 0.182 e. The second kappa shape index (κ2) is 31.7. The van der Waals surface area contributed by atoms with Crippen LogP contribution in [0.5, 0.6) is 11.5 Å². The number of allylic oxidation sites excluding steroid dienone is 2. The molecule has 0 fully saturated rings. The van der Waals surface area contributed by atoms with Crippen LogP contribution < -0.4 is 9.80 Å². The summed E-state index contributed by atoms with van der Waals surface area (Å²) in [6.45, 7) is 6.36. The summed E-state index contributed by atoms with van der Waals surface area (Å²) in [5.41, 5.74) is 2.77. The number of aliphatic hydroxyl groups excluding tert-OH is 1. The Morgan fingerprint density at radius 3 is 1.05 bits per heavy atom. The molecule has 0 bridgehead atoms. The van der Waals surface area contributed by atoms with E-state index in [1.54, 1.807) is 12.1 Å². The largest absolute Gasteiger partial charge is 0.510 e. The lowest BCUT2D eigenvalue weighted by atomic mass is 9.74. The highest BCUT2D eigenvalue weighted by Gasteiger charge is 2.44. The number of rotatable bonds is 38. The van der Waals surface area contributed by atoms with Crippen molar-refractivity contribution in [1.29, 1.82) is 0 Å². The first kappa shape index (κ1) is 51.2. The monoisotopic (exact) mass is 831 g/mol. The predicted octanol–water partition coefficient (Wildman–Crippen LogP) is 16.1. The average Bonchev–Trinajstić information content (AvgIpc) is 3.24. The van der Waals surface area contributed by atoms with Crippen LogP contribution in [0.1, 0.15) is 236 Å². The zero-order chi connectivity index (χ0) is 43.2. The quantitative estimate of drug-likeness (QED) is 0.0585. The molecule has 340 valence electrons. The van der Waals surface area contributed by atoms with E-state index in [2.05, 4.69) is 25.8 Å². The third-order valence-corrected chi connectivity index (χ3v) is 13.2. The number of ketones is 1. The van der Waals surface area contributed by atoms with Gasteiger partial charge in [0, 0.05) is 50.7 Å². The van der Waals surface area contributed by atoms with Gasteiger partial charge in [-0.15, -0.1) is 0 Å². The van der Waals surface area contributed by atoms with Crippen molar-refractivity contribution in [3.63, 3.8) is 0 Å². The van der Waals surface area contributed by atoms with Gasteiger partial charge in [0.05, 0.1) is 11.1 Å². The number of nitrogens with zero attached hydrogens (tertiary/aromatic N) is 2. The van der Waals surface area contributed by atoms with Gasteiger partial charge in [-0.3, -0.25) is 4.79 Å². The molecule has 1 atom stereocenters. The van der Waals surface area contributed by atoms with Crippen LogP contribution in [0.15, 0.2) is 42.2 Å². The molecule has 0 aromatic heterocycles. The summed E-state index contributed by atoms with van der Waals surface area (Å²) in [6.07, 6.45) is 43.2. The van der Waals surface area contributed by atoms with E-state index in [1.165, 1.54) is 186 Å². The number of carbonyl (C=O) groups is 1. The van der Waals surface area contributed by atoms with E-state index < -0.39 is 5.92 Å². The van der Waals surface area contributed by atoms with Gasteiger partial charge in [0.25, 0.3) is 0 Å². The van der Waals surface area contributed by atoms with Crippen LogP contribution in [0.3, 0.4) is 0 Å². The van der Waals surface area contributed by atoms with Crippen molar-refractivity contribution in [1.82, 2.24) is 0 Å². The van der Waals surface area contributed by atoms with Crippen molar-refractivity contribution in [2.45, 2.75) is 225 Å². The minimum atomic E-state index is -1.06. The highest BCUT2D eigenvalue weighted by molar-refractivity contribution is 6.32. The summed E-state index contributed by atoms with van der Waals surface area (Å²) in [4.78, 5) is 17.7. The Hall–Kier alpha value is -3.15. The van der Waals surface area contributed by atoms with Crippen molar-refractivity contribution in [2.75, 3.05) is 37.0 Å². The predicted molar refractivity (Wildman–Crippen MR) is 259 cm³/mol. The van der Waals surface area contributed by atoms with Crippen molar-refractivity contribution >= 4 is 22.7 Å². The maximum Gasteiger partial charge on any atom is 0.182 e. The molecule has 2 aromatic rings. The maximum atomic E-state index is 13.4. The van der Waals surface area contributed by atoms with Crippen LogP contribution >= 0.6 is 0 Å². The van der Waals surface area contributed by atoms with Gasteiger partial charge in [-0.1, -0.05) is 219 Å². The zero-order valence-electron chi connectivity index (χ0n) is 39.2. The standard InChI is InChI=1S/C54H90N2O4/c1-5-7-9-11-13-15-17-19-21-23-25-27-29-31-33-35-41-55(3)46-39-37-45(38-40-46)50-53(59)52(54(50)60)51-48(57)43-47(44-49(51)58)56(4)42-36-34-32-30-28-26-24-22-20-18-16-14-12-10-8-6-2/h37-40,43-44,52,57-59H,5-36,41-42H2,1-4H3. The molecule has 6 heteroatoms. The molecule has 3 N–H and O–H groups in total. The van der Waals surface area contributed by atoms with Crippen LogP contribution in [0.4, 0.5) is 11.4 Å². The van der Waals surface area contributed by atoms with Gasteiger partial charge in [0.1, 0.15) is 23.2 Å². The number of carbonyl (C=O) groups excluding carboxylic acids is 1. The fourth-order valence-corrected chi connectivity index (χ4v) is 9.08. The van der Waals surface area contributed by atoms with E-state index >= 15 is 0 Å². The summed E-state index contributed by atoms with van der Waals surface area (Å²) in [6, 6.07) is 11.0. The molecule has 1 unspecified atom stereocenters. The molecular formula is C54H90N2O4. The highest BCUT2D eigenvalue weighted by atomic mass is 16.3. The van der Waals surface area contributed by atoms with Crippen LogP contribution in [-0.4, -0.2) is 48.3 Å². The Morgan fingerprint density at radius 1 is 0.433 bits per heavy atom. The van der Waals surface area contributed by atoms with Gasteiger partial charge in [-0.05, 0) is 30.5 Å². The summed E-state index contributed by atoms with van der Waals surface area (Å²) in [7, 11) is 4.07. The van der Waals surface area contributed by atoms with Gasteiger partial charge in [-0.25, -0.2) is 0 Å². The van der Waals surface area contributed by atoms with E-state index in [9.17, 15) is 20.1 Å². The fraction of sp³-hybridized carbons (Fsp3) is 0.722. The van der Waals surface area contributed by atoms with Gasteiger partial charge < -0.3 is 25.1 Å². The van der Waals surface area contributed by atoms with Gasteiger partial charge in [-0.2, -0.15) is 0 Å². The van der Waals surface area contributed by atoms with Gasteiger partial charge >= 0.3 is 0 Å².